The lowest BCUT2D eigenvalue weighted by molar-refractivity contribution is 0.102. The van der Waals surface area contributed by atoms with E-state index >= 15 is 0 Å². The summed E-state index contributed by atoms with van der Waals surface area (Å²) in [6.45, 7) is 0. The van der Waals surface area contributed by atoms with Gasteiger partial charge in [0, 0.05) is 5.56 Å². The van der Waals surface area contributed by atoms with Gasteiger partial charge in [0.25, 0.3) is 5.56 Å². The summed E-state index contributed by atoms with van der Waals surface area (Å²) in [6.07, 6.45) is 1.40. The summed E-state index contributed by atoms with van der Waals surface area (Å²) < 4.78 is 10.3. The van der Waals surface area contributed by atoms with Crippen molar-refractivity contribution in [3.63, 3.8) is 0 Å². The van der Waals surface area contributed by atoms with Crippen molar-refractivity contribution in [1.82, 2.24) is 19.9 Å². The molecular weight excluding hydrogens is 332 g/mol. The summed E-state index contributed by atoms with van der Waals surface area (Å²) >= 11 is 1.14. The van der Waals surface area contributed by atoms with Crippen molar-refractivity contribution in [2.75, 3.05) is 20.0 Å². The molecule has 8 nitrogen and oxygen atoms in total. The van der Waals surface area contributed by atoms with Gasteiger partial charge < -0.3 is 14.5 Å². The number of H-pyrrole nitrogens is 2. The van der Waals surface area contributed by atoms with Crippen LogP contribution in [0.2, 0.25) is 0 Å². The number of thioether (sulfide) groups is 1. The van der Waals surface area contributed by atoms with Gasteiger partial charge in [-0.25, -0.2) is 9.97 Å². The van der Waals surface area contributed by atoms with Gasteiger partial charge in [-0.05, 0) is 18.2 Å². The molecule has 2 N–H and O–H groups in total. The van der Waals surface area contributed by atoms with Crippen LogP contribution in [0.15, 0.2) is 34.5 Å². The first-order valence-corrected chi connectivity index (χ1v) is 7.92. The van der Waals surface area contributed by atoms with Crippen LogP contribution in [0.5, 0.6) is 11.5 Å². The summed E-state index contributed by atoms with van der Waals surface area (Å²) in [5.41, 5.74) is 0.798. The van der Waals surface area contributed by atoms with E-state index in [9.17, 15) is 9.59 Å². The van der Waals surface area contributed by atoms with E-state index in [1.54, 1.807) is 18.2 Å². The molecule has 0 spiro atoms. The average molecular weight is 346 g/mol. The normalized spacial score (nSPS) is 10.8. The Morgan fingerprint density at radius 3 is 2.79 bits per heavy atom. The van der Waals surface area contributed by atoms with Crippen LogP contribution in [-0.2, 0) is 0 Å². The second-order valence-electron chi connectivity index (χ2n) is 4.75. The van der Waals surface area contributed by atoms with Crippen LogP contribution in [0.25, 0.3) is 11.2 Å². The zero-order valence-electron chi connectivity index (χ0n) is 13.0. The number of hydrogen-bond acceptors (Lipinski definition) is 7. The number of aromatic nitrogens is 4. The number of ether oxygens (including phenoxy) is 2. The van der Waals surface area contributed by atoms with Crippen LogP contribution in [0.1, 0.15) is 10.4 Å². The molecule has 24 heavy (non-hydrogen) atoms. The molecule has 0 amide bonds. The van der Waals surface area contributed by atoms with Crippen molar-refractivity contribution in [3.05, 3.63) is 40.4 Å². The highest BCUT2D eigenvalue weighted by atomic mass is 32.2. The molecule has 0 aliphatic rings. The lowest BCUT2D eigenvalue weighted by Gasteiger charge is -2.08. The number of carbonyl (C=O) groups is 1. The number of imidazole rings is 1. The van der Waals surface area contributed by atoms with Crippen molar-refractivity contribution in [3.8, 4) is 11.5 Å². The lowest BCUT2D eigenvalue weighted by Crippen LogP contribution is -2.10. The van der Waals surface area contributed by atoms with Crippen LogP contribution >= 0.6 is 11.8 Å². The van der Waals surface area contributed by atoms with Crippen LogP contribution in [-0.4, -0.2) is 45.7 Å². The smallest absolute Gasteiger partial charge is 0.277 e. The minimum Gasteiger partial charge on any atom is -0.493 e. The molecule has 0 aliphatic heterocycles. The van der Waals surface area contributed by atoms with Crippen LogP contribution < -0.4 is 15.0 Å². The summed E-state index contributed by atoms with van der Waals surface area (Å²) in [5, 5.41) is 0.341. The van der Waals surface area contributed by atoms with Crippen LogP contribution in [0.4, 0.5) is 0 Å². The van der Waals surface area contributed by atoms with E-state index in [1.165, 1.54) is 20.5 Å². The monoisotopic (exact) mass is 346 g/mol. The van der Waals surface area contributed by atoms with Crippen molar-refractivity contribution in [2.45, 2.75) is 5.16 Å². The number of hydrogen-bond donors (Lipinski definition) is 2. The highest BCUT2D eigenvalue weighted by Gasteiger charge is 2.13. The first kappa shape index (κ1) is 16.1. The minimum atomic E-state index is -0.321. The molecule has 0 fully saturated rings. The van der Waals surface area contributed by atoms with Gasteiger partial charge in [-0.1, -0.05) is 11.8 Å². The Morgan fingerprint density at radius 2 is 2.04 bits per heavy atom. The fourth-order valence-electron chi connectivity index (χ4n) is 2.12. The summed E-state index contributed by atoms with van der Waals surface area (Å²) in [5.74, 6) is 1.04. The summed E-state index contributed by atoms with van der Waals surface area (Å²) in [6, 6.07) is 4.96. The number of fused-ring (bicyclic) bond motifs is 1. The molecule has 0 bridgehead atoms. The predicted octanol–water partition coefficient (Wildman–Crippen LogP) is 1.64. The molecule has 9 heteroatoms. The van der Waals surface area contributed by atoms with E-state index in [0.29, 0.717) is 33.4 Å². The molecule has 2 heterocycles. The fourth-order valence-corrected chi connectivity index (χ4v) is 2.87. The van der Waals surface area contributed by atoms with Gasteiger partial charge in [-0.15, -0.1) is 0 Å². The SMILES string of the molecule is COc1ccc(C(=O)CSc2nc3nc[nH]c3c(=O)[nH]2)cc1OC. The van der Waals surface area contributed by atoms with E-state index < -0.39 is 0 Å². The van der Waals surface area contributed by atoms with Crippen molar-refractivity contribution in [2.24, 2.45) is 0 Å². The third-order valence-corrected chi connectivity index (χ3v) is 4.19. The number of methoxy groups -OCH3 is 2. The highest BCUT2D eigenvalue weighted by molar-refractivity contribution is 7.99. The molecule has 2 aromatic heterocycles. The molecule has 0 radical (unpaired) electrons. The topological polar surface area (TPSA) is 110 Å². The van der Waals surface area contributed by atoms with E-state index in [1.807, 2.05) is 0 Å². The zero-order valence-corrected chi connectivity index (χ0v) is 13.8. The minimum absolute atomic E-state index is 0.119. The Balaban J connectivity index is 1.76. The van der Waals surface area contributed by atoms with Gasteiger partial charge in [-0.2, -0.15) is 0 Å². The molecule has 0 saturated carbocycles. The van der Waals surface area contributed by atoms with Gasteiger partial charge in [-0.3, -0.25) is 14.6 Å². The van der Waals surface area contributed by atoms with Gasteiger partial charge in [0.2, 0.25) is 0 Å². The molecule has 0 atom stereocenters. The number of aromatic amines is 2. The quantitative estimate of drug-likeness (QED) is 0.396. The first-order valence-electron chi connectivity index (χ1n) is 6.94. The lowest BCUT2D eigenvalue weighted by atomic mass is 10.1. The molecule has 0 aliphatic carbocycles. The molecule has 1 aromatic carbocycles. The third-order valence-electron chi connectivity index (χ3n) is 3.32. The van der Waals surface area contributed by atoms with Gasteiger partial charge in [0.15, 0.2) is 33.6 Å². The molecule has 124 valence electrons. The maximum atomic E-state index is 12.3. The maximum absolute atomic E-state index is 12.3. The first-order chi connectivity index (χ1) is 11.6. The van der Waals surface area contributed by atoms with Crippen LogP contribution in [0.3, 0.4) is 0 Å². The molecule has 0 saturated heterocycles. The Kier molecular flexibility index (Phi) is 4.52. The Morgan fingerprint density at radius 1 is 1.25 bits per heavy atom. The van der Waals surface area contributed by atoms with Crippen molar-refractivity contribution >= 4 is 28.7 Å². The highest BCUT2D eigenvalue weighted by Crippen LogP contribution is 2.28. The number of ketones is 1. The molecule has 3 rings (SSSR count). The Labute approximate surface area is 140 Å². The van der Waals surface area contributed by atoms with Crippen molar-refractivity contribution < 1.29 is 14.3 Å². The van der Waals surface area contributed by atoms with Crippen LogP contribution in [0, 0.1) is 0 Å². The van der Waals surface area contributed by atoms with Gasteiger partial charge in [0.05, 0.1) is 26.3 Å². The van der Waals surface area contributed by atoms with E-state index in [0.717, 1.165) is 11.8 Å². The Hall–Kier alpha value is -2.81. The standard InChI is InChI=1S/C15H14N4O4S/c1-22-10-4-3-8(5-11(10)23-2)9(20)6-24-15-18-13-12(14(21)19-15)16-7-17-13/h3-5,7H,6H2,1-2H3,(H2,16,17,18,19,21). The molecular formula is C15H14N4O4S. The van der Waals surface area contributed by atoms with Gasteiger partial charge in [0.1, 0.15) is 0 Å². The van der Waals surface area contributed by atoms with E-state index in [-0.39, 0.29) is 17.1 Å². The summed E-state index contributed by atoms with van der Waals surface area (Å²) in [7, 11) is 3.04. The van der Waals surface area contributed by atoms with Gasteiger partial charge >= 0.3 is 0 Å². The van der Waals surface area contributed by atoms with E-state index in [4.69, 9.17) is 9.47 Å². The maximum Gasteiger partial charge on any atom is 0.277 e. The number of nitrogens with zero attached hydrogens (tertiary/aromatic N) is 2. The number of carbonyl (C=O) groups excluding carboxylic acids is 1. The summed E-state index contributed by atoms with van der Waals surface area (Å²) in [4.78, 5) is 37.6. The fraction of sp³-hybridized carbons (Fsp3) is 0.200. The number of nitrogens with one attached hydrogen (secondary N) is 2. The number of rotatable bonds is 6. The Bertz CT molecular complexity index is 950. The van der Waals surface area contributed by atoms with Crippen molar-refractivity contribution in [1.29, 1.82) is 0 Å². The second kappa shape index (κ2) is 6.75. The van der Waals surface area contributed by atoms with E-state index in [2.05, 4.69) is 19.9 Å². The molecule has 0 unspecified atom stereocenters. The number of Topliss-reactive ketones (excluding diaryl/α,β-unsaturated/α-hetero) is 1. The predicted molar refractivity (Wildman–Crippen MR) is 89.1 cm³/mol. The average Bonchev–Trinajstić information content (AvgIpc) is 3.08. The third kappa shape index (κ3) is 3.11. The largest absolute Gasteiger partial charge is 0.493 e. The number of benzene rings is 1. The second-order valence-corrected chi connectivity index (χ2v) is 5.72. The molecule has 3 aromatic rings. The zero-order chi connectivity index (χ0) is 17.1.